The topological polar surface area (TPSA) is 63.0 Å². The Kier molecular flexibility index (Phi) is 16.4. The molecule has 0 radical (unpaired) electrons. The quantitative estimate of drug-likeness (QED) is 0.436. The second-order valence-corrected chi connectivity index (χ2v) is 6.51. The van der Waals surface area contributed by atoms with Crippen LogP contribution in [0.2, 0.25) is 0 Å². The molecule has 29 heavy (non-hydrogen) atoms. The Morgan fingerprint density at radius 2 is 1.38 bits per heavy atom. The number of allylic oxidation sites excluding steroid dienone is 1. The van der Waals surface area contributed by atoms with Crippen molar-refractivity contribution in [2.75, 3.05) is 0 Å². The second-order valence-electron chi connectivity index (χ2n) is 6.51. The zero-order chi connectivity index (χ0) is 20.1. The van der Waals surface area contributed by atoms with Gasteiger partial charge < -0.3 is 11.0 Å². The highest BCUT2D eigenvalue weighted by atomic mass is 16.0. The predicted molar refractivity (Wildman–Crippen MR) is 132 cm³/mol. The van der Waals surface area contributed by atoms with Crippen molar-refractivity contribution in [2.24, 2.45) is 0 Å². The van der Waals surface area contributed by atoms with Crippen molar-refractivity contribution in [3.8, 4) is 0 Å². The van der Waals surface area contributed by atoms with E-state index in [1.54, 1.807) is 0 Å². The van der Waals surface area contributed by atoms with Gasteiger partial charge in [-0.05, 0) is 47.2 Å². The maximum Gasteiger partial charge on any atom is -0.00881 e. The summed E-state index contributed by atoms with van der Waals surface area (Å²) < 4.78 is 0. The van der Waals surface area contributed by atoms with Crippen LogP contribution in [0.5, 0.6) is 0 Å². The second kappa shape index (κ2) is 16.5. The zero-order valence-corrected chi connectivity index (χ0v) is 19.0. The maximum absolute atomic E-state index is 2.24. The van der Waals surface area contributed by atoms with Crippen molar-refractivity contribution in [3.05, 3.63) is 89.0 Å². The van der Waals surface area contributed by atoms with Crippen LogP contribution >= 0.6 is 0 Å². The van der Waals surface area contributed by atoms with E-state index in [4.69, 9.17) is 0 Å². The molecule has 0 unspecified atom stereocenters. The molecule has 0 atom stereocenters. The lowest BCUT2D eigenvalue weighted by Gasteiger charge is -2.03. The van der Waals surface area contributed by atoms with Crippen LogP contribution in [0.4, 0.5) is 0 Å². The Hall–Kier alpha value is -2.42. The van der Waals surface area contributed by atoms with Gasteiger partial charge in [0.2, 0.25) is 0 Å². The monoisotopic (exact) mass is 396 g/mol. The summed E-state index contributed by atoms with van der Waals surface area (Å²) in [7, 11) is 0. The number of benzene rings is 3. The Morgan fingerprint density at radius 1 is 0.759 bits per heavy atom. The fourth-order valence-corrected chi connectivity index (χ4v) is 2.98. The molecule has 2 nitrogen and oxygen atoms in total. The third-order valence-electron chi connectivity index (χ3n) is 4.19. The first-order chi connectivity index (χ1) is 13.2. The molecule has 0 bridgehead atoms. The van der Waals surface area contributed by atoms with E-state index < -0.39 is 0 Å². The van der Waals surface area contributed by atoms with E-state index in [-0.39, 0.29) is 11.0 Å². The number of hydrogen-bond acceptors (Lipinski definition) is 0. The van der Waals surface area contributed by atoms with Gasteiger partial charge in [-0.25, -0.2) is 0 Å². The predicted octanol–water partition coefficient (Wildman–Crippen LogP) is 6.76. The number of aryl methyl sites for hydroxylation is 2. The van der Waals surface area contributed by atoms with Crippen molar-refractivity contribution in [1.82, 2.24) is 0 Å². The van der Waals surface area contributed by atoms with Crippen LogP contribution in [0, 0.1) is 6.92 Å². The Morgan fingerprint density at radius 3 is 2.00 bits per heavy atom. The minimum absolute atomic E-state index is 0. The molecule has 160 valence electrons. The zero-order valence-electron chi connectivity index (χ0n) is 19.0. The molecule has 0 aliphatic heterocycles. The van der Waals surface area contributed by atoms with Gasteiger partial charge in [-0.2, -0.15) is 0 Å². The molecular formula is C27H40O2. The van der Waals surface area contributed by atoms with Gasteiger partial charge in [0.15, 0.2) is 0 Å². The molecule has 0 heterocycles. The van der Waals surface area contributed by atoms with Crippen LogP contribution in [-0.4, -0.2) is 11.0 Å². The third-order valence-corrected chi connectivity index (χ3v) is 4.19. The van der Waals surface area contributed by atoms with E-state index in [1.807, 2.05) is 13.8 Å². The average molecular weight is 397 g/mol. The molecule has 0 aromatic heterocycles. The summed E-state index contributed by atoms with van der Waals surface area (Å²) in [5.74, 6) is 0. The first-order valence-corrected chi connectivity index (χ1v) is 10.4. The van der Waals surface area contributed by atoms with Crippen molar-refractivity contribution >= 4 is 16.8 Å². The molecule has 3 aromatic rings. The summed E-state index contributed by atoms with van der Waals surface area (Å²) in [6.45, 7) is 12.6. The molecule has 3 aromatic carbocycles. The van der Waals surface area contributed by atoms with Crippen molar-refractivity contribution in [2.45, 2.75) is 60.8 Å². The molecule has 0 amide bonds. The maximum atomic E-state index is 2.24. The van der Waals surface area contributed by atoms with Gasteiger partial charge in [-0.1, -0.05) is 119 Å². The van der Waals surface area contributed by atoms with Crippen LogP contribution in [0.25, 0.3) is 16.8 Å². The van der Waals surface area contributed by atoms with E-state index in [0.717, 1.165) is 12.8 Å². The summed E-state index contributed by atoms with van der Waals surface area (Å²) >= 11 is 0. The summed E-state index contributed by atoms with van der Waals surface area (Å²) in [6, 6.07) is 21.5. The van der Waals surface area contributed by atoms with Crippen LogP contribution < -0.4 is 0 Å². The molecule has 4 N–H and O–H groups in total. The van der Waals surface area contributed by atoms with E-state index in [9.17, 15) is 0 Å². The van der Waals surface area contributed by atoms with Crippen LogP contribution in [0.1, 0.15) is 63.3 Å². The van der Waals surface area contributed by atoms with Crippen LogP contribution in [0.15, 0.2) is 66.7 Å². The highest BCUT2D eigenvalue weighted by molar-refractivity contribution is 5.82. The highest BCUT2D eigenvalue weighted by Gasteiger charge is 2.06. The minimum atomic E-state index is 0. The molecule has 0 saturated heterocycles. The SMILES string of the molecule is CC.CCC.CCc1cccc2c1C=CC2.Cc1ccc2ccccc2c1.O.O. The average Bonchev–Trinajstić information content (AvgIpc) is 3.19. The van der Waals surface area contributed by atoms with Crippen molar-refractivity contribution in [1.29, 1.82) is 0 Å². The van der Waals surface area contributed by atoms with Gasteiger partial charge in [0.1, 0.15) is 0 Å². The van der Waals surface area contributed by atoms with Gasteiger partial charge in [0, 0.05) is 0 Å². The Labute approximate surface area is 177 Å². The van der Waals surface area contributed by atoms with Gasteiger partial charge in [-0.15, -0.1) is 0 Å². The fourth-order valence-electron chi connectivity index (χ4n) is 2.98. The molecule has 0 fully saturated rings. The standard InChI is InChI=1S/C11H10.C11H12.C3H8.C2H6.2H2O/c1-9-6-7-10-4-2-3-5-11(10)8-9;1-2-9-5-3-6-10-7-4-8-11(9)10;1-3-2;1-2;;/h2-8H,1H3;3-6,8H,2,7H2,1H3;3H2,1-2H3;1-2H3;2*1H2. The molecule has 0 saturated carbocycles. The van der Waals surface area contributed by atoms with Crippen molar-refractivity contribution in [3.63, 3.8) is 0 Å². The molecule has 1 aliphatic rings. The summed E-state index contributed by atoms with van der Waals surface area (Å²) in [5.41, 5.74) is 5.76. The van der Waals surface area contributed by atoms with Gasteiger partial charge in [0.25, 0.3) is 0 Å². The van der Waals surface area contributed by atoms with Crippen LogP contribution in [-0.2, 0) is 12.8 Å². The highest BCUT2D eigenvalue weighted by Crippen LogP contribution is 2.23. The van der Waals surface area contributed by atoms with E-state index in [1.165, 1.54) is 39.4 Å². The summed E-state index contributed by atoms with van der Waals surface area (Å²) in [4.78, 5) is 0. The van der Waals surface area contributed by atoms with Crippen LogP contribution in [0.3, 0.4) is 0 Å². The van der Waals surface area contributed by atoms with E-state index in [2.05, 4.69) is 101 Å². The fraction of sp³-hybridized carbons (Fsp3) is 0.333. The Balaban J connectivity index is 0. The van der Waals surface area contributed by atoms with Gasteiger partial charge in [0.05, 0.1) is 0 Å². The molecule has 0 spiro atoms. The minimum Gasteiger partial charge on any atom is -0.412 e. The summed E-state index contributed by atoms with van der Waals surface area (Å²) in [5, 5.41) is 2.64. The lowest BCUT2D eigenvalue weighted by Crippen LogP contribution is -1.88. The number of hydrogen-bond donors (Lipinski definition) is 0. The molecule has 1 aliphatic carbocycles. The van der Waals surface area contributed by atoms with E-state index in [0.29, 0.717) is 0 Å². The normalized spacial score (nSPS) is 9.86. The first-order valence-electron chi connectivity index (χ1n) is 10.4. The lowest BCUT2D eigenvalue weighted by atomic mass is 10.0. The Bertz CT molecular complexity index is 835. The molecule has 2 heteroatoms. The largest absolute Gasteiger partial charge is 0.412 e. The molecule has 4 rings (SSSR count). The summed E-state index contributed by atoms with van der Waals surface area (Å²) in [6.07, 6.45) is 8.01. The molecular weight excluding hydrogens is 356 g/mol. The van der Waals surface area contributed by atoms with Gasteiger partial charge in [-0.3, -0.25) is 0 Å². The third kappa shape index (κ3) is 9.08. The van der Waals surface area contributed by atoms with Gasteiger partial charge >= 0.3 is 0 Å². The smallest absolute Gasteiger partial charge is 0.00881 e. The first kappa shape index (κ1) is 28.8. The lowest BCUT2D eigenvalue weighted by molar-refractivity contribution is 0.823. The van der Waals surface area contributed by atoms with E-state index >= 15 is 0 Å². The van der Waals surface area contributed by atoms with Crippen molar-refractivity contribution < 1.29 is 11.0 Å². The number of rotatable bonds is 1. The number of fused-ring (bicyclic) bond motifs is 2.